The van der Waals surface area contributed by atoms with E-state index in [2.05, 4.69) is 48.1 Å². The summed E-state index contributed by atoms with van der Waals surface area (Å²) in [5, 5.41) is 6.24. The summed E-state index contributed by atoms with van der Waals surface area (Å²) >= 11 is 0. The number of carbonyl (C=O) groups is 1. The van der Waals surface area contributed by atoms with Gasteiger partial charge >= 0.3 is 0 Å². The van der Waals surface area contributed by atoms with Crippen molar-refractivity contribution in [2.45, 2.75) is 40.0 Å². The second kappa shape index (κ2) is 12.5. The van der Waals surface area contributed by atoms with E-state index in [1.165, 1.54) is 10.1 Å². The van der Waals surface area contributed by atoms with Crippen molar-refractivity contribution in [2.75, 3.05) is 54.0 Å². The van der Waals surface area contributed by atoms with E-state index in [0.29, 0.717) is 28.3 Å². The van der Waals surface area contributed by atoms with Gasteiger partial charge in [0.15, 0.2) is 5.82 Å². The number of rotatable bonds is 7. The maximum Gasteiger partial charge on any atom is 0.293 e. The molecule has 9 nitrogen and oxygen atoms in total. The normalized spacial score (nSPS) is 14.0. The number of nitrogens with zero attached hydrogens (tertiary/aromatic N) is 4. The van der Waals surface area contributed by atoms with Gasteiger partial charge in [0.1, 0.15) is 0 Å². The van der Waals surface area contributed by atoms with Crippen LogP contribution in [0.5, 0.6) is 0 Å². The molecule has 1 saturated heterocycles. The van der Waals surface area contributed by atoms with Gasteiger partial charge < -0.3 is 30.7 Å². The van der Waals surface area contributed by atoms with Crippen LogP contribution < -0.4 is 26.8 Å². The standard InChI is InChI=1S/C35H43N7O2/c1-7-41-17-19-42(20-18-41)31-16-15-26(21-28(31)36)37-32-34(44)40(6)22-30(38-32)27-9-8-10-29(23(27)2)39-33(43)24-11-13-25(14-12-24)35(3,4)5/h8-16,21-22H,7,17-20,36H2,1-6H3,(H,37,38)(H,39,43). The summed E-state index contributed by atoms with van der Waals surface area (Å²) in [6.07, 6.45) is 1.71. The Bertz CT molecular complexity index is 1710. The SMILES string of the molecule is CCN1CCN(c2ccc(Nc3nc(-c4cccc(NC(=O)c5ccc(C(C)(C)C)cc5)c4C)cn(C)c3=O)cc2N)CC1. The largest absolute Gasteiger partial charge is 0.397 e. The molecule has 3 aromatic carbocycles. The zero-order valence-corrected chi connectivity index (χ0v) is 26.6. The minimum atomic E-state index is -0.257. The van der Waals surface area contributed by atoms with Gasteiger partial charge in [-0.1, -0.05) is 52.0 Å². The number of aryl methyl sites for hydroxylation is 1. The van der Waals surface area contributed by atoms with E-state index in [-0.39, 0.29) is 22.7 Å². The van der Waals surface area contributed by atoms with Gasteiger partial charge in [-0.2, -0.15) is 0 Å². The van der Waals surface area contributed by atoms with E-state index in [0.717, 1.165) is 49.5 Å². The predicted molar refractivity (Wildman–Crippen MR) is 181 cm³/mol. The van der Waals surface area contributed by atoms with Crippen molar-refractivity contribution in [1.29, 1.82) is 0 Å². The van der Waals surface area contributed by atoms with Gasteiger partial charge in [-0.25, -0.2) is 4.98 Å². The molecule has 0 spiro atoms. The van der Waals surface area contributed by atoms with Gasteiger partial charge in [-0.05, 0) is 66.4 Å². The van der Waals surface area contributed by atoms with Gasteiger partial charge in [0.05, 0.1) is 17.1 Å². The number of hydrogen-bond donors (Lipinski definition) is 3. The van der Waals surface area contributed by atoms with Crippen LogP contribution in [0.1, 0.15) is 49.2 Å². The molecule has 0 aliphatic carbocycles. The van der Waals surface area contributed by atoms with E-state index in [1.54, 1.807) is 13.2 Å². The number of benzene rings is 3. The van der Waals surface area contributed by atoms with Gasteiger partial charge in [0.25, 0.3) is 11.5 Å². The lowest BCUT2D eigenvalue weighted by Crippen LogP contribution is -2.46. The number of nitrogens with one attached hydrogen (secondary N) is 2. The molecule has 0 saturated carbocycles. The molecule has 5 rings (SSSR count). The topological polar surface area (TPSA) is 109 Å². The number of aromatic nitrogens is 2. The number of likely N-dealkylation sites (N-methyl/N-ethyl adjacent to an activating group) is 1. The molecule has 230 valence electrons. The number of anilines is 5. The fourth-order valence-corrected chi connectivity index (χ4v) is 5.54. The van der Waals surface area contributed by atoms with E-state index in [9.17, 15) is 9.59 Å². The second-order valence-electron chi connectivity index (χ2n) is 12.5. The number of nitrogen functional groups attached to an aromatic ring is 1. The zero-order valence-electron chi connectivity index (χ0n) is 26.6. The highest BCUT2D eigenvalue weighted by Crippen LogP contribution is 2.31. The Morgan fingerprint density at radius 1 is 1.00 bits per heavy atom. The molecule has 0 bridgehead atoms. The van der Waals surface area contributed by atoms with Gasteiger partial charge in [-0.15, -0.1) is 0 Å². The third-order valence-electron chi connectivity index (χ3n) is 8.39. The van der Waals surface area contributed by atoms with Crippen molar-refractivity contribution in [3.05, 3.63) is 93.9 Å². The predicted octanol–water partition coefficient (Wildman–Crippen LogP) is 5.77. The van der Waals surface area contributed by atoms with Gasteiger partial charge in [0.2, 0.25) is 0 Å². The van der Waals surface area contributed by atoms with Gasteiger partial charge in [-0.3, -0.25) is 9.59 Å². The van der Waals surface area contributed by atoms with E-state index in [4.69, 9.17) is 10.7 Å². The molecule has 1 fully saturated rings. The van der Waals surface area contributed by atoms with Crippen LogP contribution in [-0.2, 0) is 12.5 Å². The summed E-state index contributed by atoms with van der Waals surface area (Å²) in [6, 6.07) is 19.2. The van der Waals surface area contributed by atoms with Crippen LogP contribution in [0, 0.1) is 6.92 Å². The monoisotopic (exact) mass is 593 g/mol. The number of piperazine rings is 1. The van der Waals surface area contributed by atoms with Crippen molar-refractivity contribution >= 4 is 34.5 Å². The molecule has 1 aromatic heterocycles. The lowest BCUT2D eigenvalue weighted by Gasteiger charge is -2.36. The van der Waals surface area contributed by atoms with Crippen LogP contribution in [-0.4, -0.2) is 53.1 Å². The molecule has 4 aromatic rings. The Labute approximate surface area is 259 Å². The lowest BCUT2D eigenvalue weighted by atomic mass is 9.86. The number of hydrogen-bond acceptors (Lipinski definition) is 7. The summed E-state index contributed by atoms with van der Waals surface area (Å²) in [7, 11) is 1.70. The molecule has 9 heteroatoms. The smallest absolute Gasteiger partial charge is 0.293 e. The number of carbonyl (C=O) groups excluding carboxylic acids is 1. The lowest BCUT2D eigenvalue weighted by molar-refractivity contribution is 0.102. The van der Waals surface area contributed by atoms with E-state index < -0.39 is 0 Å². The zero-order chi connectivity index (χ0) is 31.6. The molecular formula is C35H43N7O2. The quantitative estimate of drug-likeness (QED) is 0.233. The van der Waals surface area contributed by atoms with Crippen LogP contribution in [0.25, 0.3) is 11.3 Å². The average Bonchev–Trinajstić information content (AvgIpc) is 3.00. The Morgan fingerprint density at radius 3 is 2.34 bits per heavy atom. The molecule has 44 heavy (non-hydrogen) atoms. The first-order valence-electron chi connectivity index (χ1n) is 15.2. The van der Waals surface area contributed by atoms with Gasteiger partial charge in [0, 0.05) is 61.9 Å². The molecule has 1 aliphatic heterocycles. The Balaban J connectivity index is 1.36. The molecule has 0 atom stereocenters. The highest BCUT2D eigenvalue weighted by atomic mass is 16.1. The average molecular weight is 594 g/mol. The first-order chi connectivity index (χ1) is 20.9. The molecule has 2 heterocycles. The van der Waals surface area contributed by atoms with Crippen LogP contribution >= 0.6 is 0 Å². The molecule has 0 unspecified atom stereocenters. The molecular weight excluding hydrogens is 550 g/mol. The minimum absolute atomic E-state index is 0.0106. The molecule has 1 amide bonds. The third kappa shape index (κ3) is 6.63. The van der Waals surface area contributed by atoms with E-state index >= 15 is 0 Å². The second-order valence-corrected chi connectivity index (χ2v) is 12.5. The fraction of sp³-hybridized carbons (Fsp3) is 0.343. The summed E-state index contributed by atoms with van der Waals surface area (Å²) in [6.45, 7) is 15.5. The minimum Gasteiger partial charge on any atom is -0.397 e. The molecule has 1 aliphatic rings. The molecule has 4 N–H and O–H groups in total. The maximum atomic E-state index is 13.1. The van der Waals surface area contributed by atoms with Crippen molar-refractivity contribution in [3.63, 3.8) is 0 Å². The highest BCUT2D eigenvalue weighted by molar-refractivity contribution is 6.05. The van der Waals surface area contributed by atoms with Crippen LogP contribution in [0.2, 0.25) is 0 Å². The first kappa shape index (κ1) is 30.8. The summed E-state index contributed by atoms with van der Waals surface area (Å²) in [4.78, 5) is 35.7. The van der Waals surface area contributed by atoms with Crippen molar-refractivity contribution < 1.29 is 4.79 Å². The number of nitrogens with two attached hydrogens (primary N) is 1. The summed E-state index contributed by atoms with van der Waals surface area (Å²) < 4.78 is 1.51. The first-order valence-corrected chi connectivity index (χ1v) is 15.2. The summed E-state index contributed by atoms with van der Waals surface area (Å²) in [5.41, 5.74) is 13.3. The third-order valence-corrected chi connectivity index (χ3v) is 8.39. The van der Waals surface area contributed by atoms with E-state index in [1.807, 2.05) is 67.6 Å². The van der Waals surface area contributed by atoms with Crippen molar-refractivity contribution in [3.8, 4) is 11.3 Å². The Hall–Kier alpha value is -4.63. The van der Waals surface area contributed by atoms with Crippen LogP contribution in [0.3, 0.4) is 0 Å². The summed E-state index contributed by atoms with van der Waals surface area (Å²) in [5.74, 6) is 0.0104. The number of amides is 1. The van der Waals surface area contributed by atoms with Crippen LogP contribution in [0.4, 0.5) is 28.6 Å². The van der Waals surface area contributed by atoms with Crippen molar-refractivity contribution in [1.82, 2.24) is 14.5 Å². The maximum absolute atomic E-state index is 13.1. The highest BCUT2D eigenvalue weighted by Gasteiger charge is 2.19. The molecule has 0 radical (unpaired) electrons. The Morgan fingerprint density at radius 2 is 1.70 bits per heavy atom. The fourth-order valence-electron chi connectivity index (χ4n) is 5.54. The van der Waals surface area contributed by atoms with Crippen molar-refractivity contribution in [2.24, 2.45) is 7.05 Å². The van der Waals surface area contributed by atoms with Crippen LogP contribution in [0.15, 0.2) is 71.7 Å². The Kier molecular flexibility index (Phi) is 8.78.